The van der Waals surface area contributed by atoms with E-state index in [0.29, 0.717) is 30.9 Å². The van der Waals surface area contributed by atoms with Gasteiger partial charge in [-0.1, -0.05) is 12.1 Å². The molecule has 2 rings (SSSR count). The van der Waals surface area contributed by atoms with Crippen molar-refractivity contribution in [2.24, 2.45) is 0 Å². The molecule has 0 fully saturated rings. The van der Waals surface area contributed by atoms with E-state index >= 15 is 0 Å². The highest BCUT2D eigenvalue weighted by atomic mass is 32.1. The third kappa shape index (κ3) is 4.68. The zero-order valence-electron chi connectivity index (χ0n) is 11.9. The topological polar surface area (TPSA) is 49.4 Å². The van der Waals surface area contributed by atoms with Gasteiger partial charge in [0.15, 0.2) is 0 Å². The van der Waals surface area contributed by atoms with E-state index in [9.17, 15) is 9.59 Å². The average molecular weight is 322 g/mol. The monoisotopic (exact) mass is 322 g/mol. The second-order valence-corrected chi connectivity index (χ2v) is 6.45. The summed E-state index contributed by atoms with van der Waals surface area (Å²) in [4.78, 5) is 27.6. The maximum Gasteiger partial charge on any atom is 0.261 e. The molecule has 6 heteroatoms. The van der Waals surface area contributed by atoms with Crippen molar-refractivity contribution in [3.8, 4) is 0 Å². The Bertz CT molecular complexity index is 565. The van der Waals surface area contributed by atoms with Crippen LogP contribution in [0.2, 0.25) is 0 Å². The van der Waals surface area contributed by atoms with E-state index in [1.165, 1.54) is 16.2 Å². The molecule has 0 spiro atoms. The Morgan fingerprint density at radius 1 is 1.19 bits per heavy atom. The summed E-state index contributed by atoms with van der Waals surface area (Å²) in [5.74, 6) is -0.0449. The molecule has 2 aromatic heterocycles. The van der Waals surface area contributed by atoms with Crippen LogP contribution in [0.15, 0.2) is 35.0 Å². The van der Waals surface area contributed by atoms with Gasteiger partial charge >= 0.3 is 0 Å². The molecule has 0 aliphatic carbocycles. The first kappa shape index (κ1) is 15.7. The van der Waals surface area contributed by atoms with Gasteiger partial charge in [0.2, 0.25) is 5.91 Å². The first-order valence-electron chi connectivity index (χ1n) is 6.82. The Balaban J connectivity index is 1.76. The van der Waals surface area contributed by atoms with Gasteiger partial charge in [-0.05, 0) is 29.8 Å². The fourth-order valence-electron chi connectivity index (χ4n) is 1.90. The lowest BCUT2D eigenvalue weighted by atomic mass is 10.3. The molecule has 0 aliphatic rings. The molecule has 2 heterocycles. The molecule has 0 aromatic carbocycles. The molecule has 112 valence electrons. The van der Waals surface area contributed by atoms with E-state index in [0.717, 1.165) is 0 Å². The van der Waals surface area contributed by atoms with Crippen molar-refractivity contribution in [2.75, 3.05) is 13.1 Å². The Morgan fingerprint density at radius 3 is 2.57 bits per heavy atom. The number of thiophene rings is 2. The van der Waals surface area contributed by atoms with Gasteiger partial charge in [0, 0.05) is 24.4 Å². The van der Waals surface area contributed by atoms with Gasteiger partial charge in [-0.2, -0.15) is 0 Å². The van der Waals surface area contributed by atoms with Gasteiger partial charge in [-0.25, -0.2) is 0 Å². The maximum absolute atomic E-state index is 12.2. The van der Waals surface area contributed by atoms with Crippen LogP contribution in [0, 0.1) is 0 Å². The number of carbonyl (C=O) groups excluding carboxylic acids is 2. The average Bonchev–Trinajstić information content (AvgIpc) is 3.17. The smallest absolute Gasteiger partial charge is 0.261 e. The van der Waals surface area contributed by atoms with Crippen LogP contribution in [-0.4, -0.2) is 29.8 Å². The van der Waals surface area contributed by atoms with Crippen molar-refractivity contribution in [1.29, 1.82) is 0 Å². The molecule has 2 aromatic rings. The van der Waals surface area contributed by atoms with Gasteiger partial charge in [-0.3, -0.25) is 9.59 Å². The second kappa shape index (κ2) is 7.95. The molecule has 4 nitrogen and oxygen atoms in total. The number of nitrogens with zero attached hydrogens (tertiary/aromatic N) is 1. The highest BCUT2D eigenvalue weighted by molar-refractivity contribution is 7.12. The molecule has 0 bridgehead atoms. The first-order chi connectivity index (χ1) is 10.2. The van der Waals surface area contributed by atoms with E-state index in [2.05, 4.69) is 5.32 Å². The zero-order valence-corrected chi connectivity index (χ0v) is 13.5. The first-order valence-corrected chi connectivity index (χ1v) is 8.58. The Kier molecular flexibility index (Phi) is 5.95. The Morgan fingerprint density at radius 2 is 1.95 bits per heavy atom. The minimum atomic E-state index is -0.112. The third-order valence-electron chi connectivity index (χ3n) is 3.03. The summed E-state index contributed by atoms with van der Waals surface area (Å²) in [6.07, 6.45) is 0.330. The quantitative estimate of drug-likeness (QED) is 0.852. The second-order valence-electron chi connectivity index (χ2n) is 4.47. The Hall–Kier alpha value is -1.66. The molecule has 0 saturated heterocycles. The van der Waals surface area contributed by atoms with Crippen LogP contribution >= 0.6 is 22.7 Å². The summed E-state index contributed by atoms with van der Waals surface area (Å²) in [5, 5.41) is 6.65. The number of rotatable bonds is 7. The molecular formula is C15H18N2O2S2. The minimum Gasteiger partial charge on any atom is -0.351 e. The molecule has 2 amide bonds. The standard InChI is InChI=1S/C15H18N2O2S2/c1-2-17(11-12-5-3-9-20-12)14(18)7-8-16-15(19)13-6-4-10-21-13/h3-6,9-10H,2,7-8,11H2,1H3,(H,16,19). The van der Waals surface area contributed by atoms with Gasteiger partial charge in [0.25, 0.3) is 5.91 Å². The lowest BCUT2D eigenvalue weighted by molar-refractivity contribution is -0.131. The van der Waals surface area contributed by atoms with Crippen molar-refractivity contribution in [3.05, 3.63) is 44.8 Å². The van der Waals surface area contributed by atoms with Crippen LogP contribution in [0.1, 0.15) is 27.9 Å². The zero-order chi connectivity index (χ0) is 15.1. The summed E-state index contributed by atoms with van der Waals surface area (Å²) >= 11 is 3.05. The van der Waals surface area contributed by atoms with Gasteiger partial charge in [0.1, 0.15) is 0 Å². The number of hydrogen-bond donors (Lipinski definition) is 1. The van der Waals surface area contributed by atoms with Crippen molar-refractivity contribution in [1.82, 2.24) is 10.2 Å². The molecule has 1 N–H and O–H groups in total. The van der Waals surface area contributed by atoms with Crippen LogP contribution in [0.5, 0.6) is 0 Å². The molecular weight excluding hydrogens is 304 g/mol. The summed E-state index contributed by atoms with van der Waals surface area (Å²) in [7, 11) is 0. The molecule has 0 atom stereocenters. The lowest BCUT2D eigenvalue weighted by Gasteiger charge is -2.20. The highest BCUT2D eigenvalue weighted by Gasteiger charge is 2.13. The fraction of sp³-hybridized carbons (Fsp3) is 0.333. The van der Waals surface area contributed by atoms with E-state index < -0.39 is 0 Å². The van der Waals surface area contributed by atoms with Gasteiger partial charge in [0.05, 0.1) is 11.4 Å². The van der Waals surface area contributed by atoms with Crippen molar-refractivity contribution < 1.29 is 9.59 Å². The SMILES string of the molecule is CCN(Cc1cccs1)C(=O)CCNC(=O)c1cccs1. The lowest BCUT2D eigenvalue weighted by Crippen LogP contribution is -2.33. The van der Waals surface area contributed by atoms with E-state index in [1.807, 2.05) is 40.8 Å². The van der Waals surface area contributed by atoms with Crippen LogP contribution in [0.4, 0.5) is 0 Å². The van der Waals surface area contributed by atoms with Crippen LogP contribution in [-0.2, 0) is 11.3 Å². The number of nitrogens with one attached hydrogen (secondary N) is 1. The summed E-state index contributed by atoms with van der Waals surface area (Å²) in [6.45, 7) is 3.66. The van der Waals surface area contributed by atoms with Crippen LogP contribution in [0.3, 0.4) is 0 Å². The highest BCUT2D eigenvalue weighted by Crippen LogP contribution is 2.12. The molecule has 0 radical (unpaired) electrons. The number of hydrogen-bond acceptors (Lipinski definition) is 4. The van der Waals surface area contributed by atoms with Gasteiger partial charge < -0.3 is 10.2 Å². The predicted molar refractivity (Wildman–Crippen MR) is 86.7 cm³/mol. The van der Waals surface area contributed by atoms with Crippen LogP contribution < -0.4 is 5.32 Å². The third-order valence-corrected chi connectivity index (χ3v) is 4.76. The van der Waals surface area contributed by atoms with E-state index in [1.54, 1.807) is 17.4 Å². The fourth-order valence-corrected chi connectivity index (χ4v) is 3.26. The maximum atomic E-state index is 12.2. The summed E-state index contributed by atoms with van der Waals surface area (Å²) in [5.41, 5.74) is 0. The normalized spacial score (nSPS) is 10.3. The minimum absolute atomic E-state index is 0.0670. The van der Waals surface area contributed by atoms with Crippen molar-refractivity contribution >= 4 is 34.5 Å². The molecule has 21 heavy (non-hydrogen) atoms. The number of amides is 2. The van der Waals surface area contributed by atoms with E-state index in [4.69, 9.17) is 0 Å². The number of carbonyl (C=O) groups is 2. The molecule has 0 unspecified atom stereocenters. The molecule has 0 aliphatic heterocycles. The van der Waals surface area contributed by atoms with Gasteiger partial charge in [-0.15, -0.1) is 22.7 Å². The van der Waals surface area contributed by atoms with Crippen molar-refractivity contribution in [2.45, 2.75) is 19.9 Å². The van der Waals surface area contributed by atoms with E-state index in [-0.39, 0.29) is 11.8 Å². The summed E-state index contributed by atoms with van der Waals surface area (Å²) < 4.78 is 0. The summed E-state index contributed by atoms with van der Waals surface area (Å²) in [6, 6.07) is 7.63. The predicted octanol–water partition coefficient (Wildman–Crippen LogP) is 2.98. The van der Waals surface area contributed by atoms with Crippen LogP contribution in [0.25, 0.3) is 0 Å². The van der Waals surface area contributed by atoms with Crippen molar-refractivity contribution in [3.63, 3.8) is 0 Å². The largest absolute Gasteiger partial charge is 0.351 e. The molecule has 0 saturated carbocycles. The Labute approximate surface area is 132 Å².